The molecule has 2 aliphatic heterocycles. The number of nitrogens with one attached hydrogen (secondary N) is 1. The average molecular weight is 402 g/mol. The summed E-state index contributed by atoms with van der Waals surface area (Å²) in [7, 11) is 1.47. The molecule has 9 heteroatoms. The Hall–Kier alpha value is -3.10. The minimum absolute atomic E-state index is 0.0704. The van der Waals surface area contributed by atoms with Crippen molar-refractivity contribution in [1.29, 1.82) is 0 Å². The summed E-state index contributed by atoms with van der Waals surface area (Å²) in [6.07, 6.45) is 2.35. The molecule has 0 bridgehead atoms. The van der Waals surface area contributed by atoms with E-state index < -0.39 is 37.0 Å². The van der Waals surface area contributed by atoms with Crippen LogP contribution in [0.25, 0.3) is 0 Å². The number of carbonyl (C=O) groups is 4. The van der Waals surface area contributed by atoms with Gasteiger partial charge in [-0.1, -0.05) is 6.92 Å². The maximum absolute atomic E-state index is 12.0. The van der Waals surface area contributed by atoms with Gasteiger partial charge >= 0.3 is 12.0 Å². The Morgan fingerprint density at radius 1 is 1.14 bits per heavy atom. The number of imide groups is 1. The van der Waals surface area contributed by atoms with Crippen LogP contribution in [-0.4, -0.2) is 73.4 Å². The van der Waals surface area contributed by atoms with Crippen LogP contribution in [-0.2, 0) is 19.1 Å². The standard InChI is InChI=1S/C20H26N4O5/c1-14-7-9-23(10-8-14)16-5-3-15(4-6-16)21-17(25)13-29-19(27)12-24-18(26)11-22(2)20(24)28/h3-6,14H,7-13H2,1-2H3,(H,21,25). The van der Waals surface area contributed by atoms with Crippen LogP contribution in [0.3, 0.4) is 0 Å². The molecule has 0 radical (unpaired) electrons. The van der Waals surface area contributed by atoms with E-state index in [0.717, 1.165) is 29.6 Å². The molecule has 2 saturated heterocycles. The summed E-state index contributed by atoms with van der Waals surface area (Å²) in [5, 5.41) is 2.66. The van der Waals surface area contributed by atoms with Crippen molar-refractivity contribution in [2.75, 3.05) is 50.1 Å². The van der Waals surface area contributed by atoms with E-state index in [1.807, 2.05) is 24.3 Å². The molecular formula is C20H26N4O5. The number of rotatable bonds is 6. The molecule has 1 aromatic carbocycles. The topological polar surface area (TPSA) is 99.3 Å². The zero-order valence-electron chi connectivity index (χ0n) is 16.7. The molecule has 0 aliphatic carbocycles. The molecule has 1 N–H and O–H groups in total. The first-order valence-electron chi connectivity index (χ1n) is 9.69. The second-order valence-corrected chi connectivity index (χ2v) is 7.54. The predicted molar refractivity (Wildman–Crippen MR) is 106 cm³/mol. The maximum Gasteiger partial charge on any atom is 0.327 e. The van der Waals surface area contributed by atoms with Gasteiger partial charge in [-0.25, -0.2) is 4.79 Å². The summed E-state index contributed by atoms with van der Waals surface area (Å²) in [5.74, 6) is -1.02. The van der Waals surface area contributed by atoms with Crippen LogP contribution in [0.2, 0.25) is 0 Å². The summed E-state index contributed by atoms with van der Waals surface area (Å²) in [5.41, 5.74) is 1.72. The van der Waals surface area contributed by atoms with E-state index in [4.69, 9.17) is 4.74 Å². The molecule has 2 heterocycles. The number of benzene rings is 1. The van der Waals surface area contributed by atoms with E-state index >= 15 is 0 Å². The Labute approximate surface area is 169 Å². The van der Waals surface area contributed by atoms with E-state index in [0.29, 0.717) is 5.69 Å². The normalized spacial score (nSPS) is 17.7. The minimum Gasteiger partial charge on any atom is -0.454 e. The number of ether oxygens (including phenoxy) is 1. The largest absolute Gasteiger partial charge is 0.454 e. The van der Waals surface area contributed by atoms with E-state index in [-0.39, 0.29) is 6.54 Å². The van der Waals surface area contributed by atoms with Gasteiger partial charge in [0.25, 0.3) is 11.8 Å². The third-order valence-corrected chi connectivity index (χ3v) is 5.18. The lowest BCUT2D eigenvalue weighted by molar-refractivity contribution is -0.149. The summed E-state index contributed by atoms with van der Waals surface area (Å²) in [6, 6.07) is 6.98. The van der Waals surface area contributed by atoms with Gasteiger partial charge in [-0.3, -0.25) is 19.3 Å². The number of piperidine rings is 1. The van der Waals surface area contributed by atoms with Crippen molar-refractivity contribution >= 4 is 35.2 Å². The van der Waals surface area contributed by atoms with E-state index in [1.165, 1.54) is 24.8 Å². The fourth-order valence-electron chi connectivity index (χ4n) is 3.36. The molecule has 9 nitrogen and oxygen atoms in total. The molecule has 4 amide bonds. The van der Waals surface area contributed by atoms with Gasteiger partial charge in [-0.15, -0.1) is 0 Å². The molecule has 0 spiro atoms. The van der Waals surface area contributed by atoms with Crippen molar-refractivity contribution in [2.24, 2.45) is 5.92 Å². The first-order chi connectivity index (χ1) is 13.8. The molecule has 0 unspecified atom stereocenters. The van der Waals surface area contributed by atoms with Crippen LogP contribution in [0.1, 0.15) is 19.8 Å². The lowest BCUT2D eigenvalue weighted by Crippen LogP contribution is -2.37. The van der Waals surface area contributed by atoms with Gasteiger partial charge in [0, 0.05) is 31.5 Å². The van der Waals surface area contributed by atoms with Gasteiger partial charge in [0.1, 0.15) is 13.1 Å². The molecule has 156 valence electrons. The lowest BCUT2D eigenvalue weighted by Gasteiger charge is -2.32. The first-order valence-corrected chi connectivity index (χ1v) is 9.69. The van der Waals surface area contributed by atoms with Crippen molar-refractivity contribution in [2.45, 2.75) is 19.8 Å². The smallest absolute Gasteiger partial charge is 0.327 e. The van der Waals surface area contributed by atoms with Crippen LogP contribution in [0.4, 0.5) is 16.2 Å². The Balaban J connectivity index is 1.43. The van der Waals surface area contributed by atoms with Crippen LogP contribution in [0.15, 0.2) is 24.3 Å². The number of nitrogens with zero attached hydrogens (tertiary/aromatic N) is 3. The maximum atomic E-state index is 12.0. The highest BCUT2D eigenvalue weighted by Crippen LogP contribution is 2.24. The number of anilines is 2. The SMILES string of the molecule is CC1CCN(c2ccc(NC(=O)COC(=O)CN3C(=O)CN(C)C3=O)cc2)CC1. The van der Waals surface area contributed by atoms with Gasteiger partial charge in [0.15, 0.2) is 6.61 Å². The number of hydrogen-bond donors (Lipinski definition) is 1. The highest BCUT2D eigenvalue weighted by Gasteiger charge is 2.35. The third kappa shape index (κ3) is 5.24. The van der Waals surface area contributed by atoms with Gasteiger partial charge in [-0.2, -0.15) is 0 Å². The van der Waals surface area contributed by atoms with Crippen molar-refractivity contribution in [3.63, 3.8) is 0 Å². The van der Waals surface area contributed by atoms with E-state index in [1.54, 1.807) is 0 Å². The predicted octanol–water partition coefficient (Wildman–Crippen LogP) is 1.30. The van der Waals surface area contributed by atoms with Crippen LogP contribution in [0, 0.1) is 5.92 Å². The summed E-state index contributed by atoms with van der Waals surface area (Å²) < 4.78 is 4.87. The van der Waals surface area contributed by atoms with Gasteiger partial charge in [-0.05, 0) is 43.0 Å². The fourth-order valence-corrected chi connectivity index (χ4v) is 3.36. The number of likely N-dealkylation sites (N-methyl/N-ethyl adjacent to an activating group) is 1. The second kappa shape index (κ2) is 8.93. The Kier molecular flexibility index (Phi) is 6.36. The molecule has 1 aromatic rings. The Bertz CT molecular complexity index is 787. The highest BCUT2D eigenvalue weighted by atomic mass is 16.5. The monoisotopic (exact) mass is 402 g/mol. The highest BCUT2D eigenvalue weighted by molar-refractivity contribution is 6.04. The summed E-state index contributed by atoms with van der Waals surface area (Å²) in [6.45, 7) is 3.26. The summed E-state index contributed by atoms with van der Waals surface area (Å²) in [4.78, 5) is 51.5. The minimum atomic E-state index is -0.813. The Morgan fingerprint density at radius 2 is 1.79 bits per heavy atom. The number of carbonyl (C=O) groups excluding carboxylic acids is 4. The zero-order chi connectivity index (χ0) is 21.0. The molecule has 0 atom stereocenters. The van der Waals surface area contributed by atoms with Crippen LogP contribution in [0.5, 0.6) is 0 Å². The quantitative estimate of drug-likeness (QED) is 0.569. The number of urea groups is 1. The molecule has 3 rings (SSSR count). The number of hydrogen-bond acceptors (Lipinski definition) is 6. The van der Waals surface area contributed by atoms with Crippen molar-refractivity contribution < 1.29 is 23.9 Å². The van der Waals surface area contributed by atoms with E-state index in [9.17, 15) is 19.2 Å². The third-order valence-electron chi connectivity index (χ3n) is 5.18. The molecular weight excluding hydrogens is 376 g/mol. The molecule has 0 saturated carbocycles. The molecule has 29 heavy (non-hydrogen) atoms. The molecule has 2 aliphatic rings. The van der Waals surface area contributed by atoms with Gasteiger partial charge in [0.2, 0.25) is 0 Å². The van der Waals surface area contributed by atoms with Gasteiger partial charge in [0.05, 0.1) is 0 Å². The second-order valence-electron chi connectivity index (χ2n) is 7.54. The van der Waals surface area contributed by atoms with Crippen molar-refractivity contribution in [1.82, 2.24) is 9.80 Å². The van der Waals surface area contributed by atoms with Crippen molar-refractivity contribution in [3.8, 4) is 0 Å². The zero-order valence-corrected chi connectivity index (χ0v) is 16.7. The first kappa shape index (κ1) is 20.6. The molecule has 0 aromatic heterocycles. The Morgan fingerprint density at radius 3 is 2.38 bits per heavy atom. The summed E-state index contributed by atoms with van der Waals surface area (Å²) >= 11 is 0. The average Bonchev–Trinajstić information content (AvgIpc) is 2.94. The lowest BCUT2D eigenvalue weighted by atomic mass is 9.99. The van der Waals surface area contributed by atoms with Gasteiger partial charge < -0.3 is 19.9 Å². The number of esters is 1. The number of amides is 4. The van der Waals surface area contributed by atoms with Crippen molar-refractivity contribution in [3.05, 3.63) is 24.3 Å². The molecule has 2 fully saturated rings. The van der Waals surface area contributed by atoms with Crippen LogP contribution >= 0.6 is 0 Å². The van der Waals surface area contributed by atoms with Crippen LogP contribution < -0.4 is 10.2 Å². The van der Waals surface area contributed by atoms with E-state index in [2.05, 4.69) is 17.1 Å². The fraction of sp³-hybridized carbons (Fsp3) is 0.500.